The number of aryl methyl sites for hydroxylation is 1. The van der Waals surface area contributed by atoms with Gasteiger partial charge >= 0.3 is 0 Å². The zero-order valence-electron chi connectivity index (χ0n) is 15.3. The molecule has 2 aromatic heterocycles. The minimum absolute atomic E-state index is 0.127. The first kappa shape index (κ1) is 18.1. The van der Waals surface area contributed by atoms with Crippen LogP contribution in [0.3, 0.4) is 0 Å². The number of hydrogen-bond donors (Lipinski definition) is 1. The lowest BCUT2D eigenvalue weighted by molar-refractivity contribution is 0.351. The van der Waals surface area contributed by atoms with Gasteiger partial charge in [-0.25, -0.2) is 19.0 Å². The van der Waals surface area contributed by atoms with Gasteiger partial charge in [-0.05, 0) is 31.0 Å². The minimum Gasteiger partial charge on any atom is -0.438 e. The molecule has 8 heteroatoms. The molecule has 2 N–H and O–H groups in total. The molecule has 0 aliphatic heterocycles. The molecule has 0 unspecified atom stereocenters. The SMILES string of the molecule is Cn1nc(C2CC2)cc1Oc1cc(C#N)ccc1-c1ncc([C@@H](F)CN)cn1. The van der Waals surface area contributed by atoms with Gasteiger partial charge < -0.3 is 10.5 Å². The van der Waals surface area contributed by atoms with Gasteiger partial charge in [-0.1, -0.05) is 0 Å². The number of nitriles is 1. The molecule has 1 atom stereocenters. The summed E-state index contributed by atoms with van der Waals surface area (Å²) in [5.41, 5.74) is 7.73. The molecule has 3 aromatic rings. The summed E-state index contributed by atoms with van der Waals surface area (Å²) in [6, 6.07) is 9.04. The number of ether oxygens (including phenoxy) is 1. The Morgan fingerprint density at radius 2 is 2.07 bits per heavy atom. The standard InChI is InChI=1S/C20H19FN6O/c1-27-19(7-17(26-27)13-3-4-13)28-18-6-12(8-22)2-5-15(18)20-24-10-14(11-25-20)16(21)9-23/h2,5-7,10-11,13,16H,3-4,9,23H2,1H3/t16-/m0/s1. The van der Waals surface area contributed by atoms with Crippen LogP contribution in [0.1, 0.15) is 41.8 Å². The molecule has 2 heterocycles. The Hall–Kier alpha value is -3.31. The molecule has 142 valence electrons. The molecular weight excluding hydrogens is 359 g/mol. The fourth-order valence-corrected chi connectivity index (χ4v) is 2.89. The van der Waals surface area contributed by atoms with Crippen molar-refractivity contribution in [1.29, 1.82) is 5.26 Å². The van der Waals surface area contributed by atoms with Gasteiger partial charge in [0.15, 0.2) is 5.82 Å². The van der Waals surface area contributed by atoms with Crippen molar-refractivity contribution in [3.05, 3.63) is 53.5 Å². The first-order valence-corrected chi connectivity index (χ1v) is 9.01. The topological polar surface area (TPSA) is 103 Å². The summed E-state index contributed by atoms with van der Waals surface area (Å²) in [6.07, 6.45) is 3.81. The van der Waals surface area contributed by atoms with E-state index in [0.717, 1.165) is 18.5 Å². The van der Waals surface area contributed by atoms with Crippen molar-refractivity contribution >= 4 is 0 Å². The molecule has 0 spiro atoms. The third-order valence-corrected chi connectivity index (χ3v) is 4.66. The summed E-state index contributed by atoms with van der Waals surface area (Å²) >= 11 is 0. The molecule has 1 aromatic carbocycles. The predicted molar refractivity (Wildman–Crippen MR) is 100 cm³/mol. The molecule has 0 saturated heterocycles. The molecule has 28 heavy (non-hydrogen) atoms. The van der Waals surface area contributed by atoms with E-state index in [0.29, 0.717) is 40.1 Å². The van der Waals surface area contributed by atoms with Crippen molar-refractivity contribution in [2.45, 2.75) is 24.9 Å². The van der Waals surface area contributed by atoms with E-state index in [1.54, 1.807) is 22.9 Å². The average molecular weight is 378 g/mol. The molecule has 1 aliphatic rings. The summed E-state index contributed by atoms with van der Waals surface area (Å²) in [5, 5.41) is 13.7. The van der Waals surface area contributed by atoms with Gasteiger partial charge in [-0.3, -0.25) is 0 Å². The van der Waals surface area contributed by atoms with Crippen LogP contribution in [0.25, 0.3) is 11.4 Å². The van der Waals surface area contributed by atoms with Crippen molar-refractivity contribution in [3.63, 3.8) is 0 Å². The van der Waals surface area contributed by atoms with E-state index in [1.807, 2.05) is 13.1 Å². The Morgan fingerprint density at radius 1 is 1.32 bits per heavy atom. The third kappa shape index (κ3) is 3.57. The van der Waals surface area contributed by atoms with E-state index in [4.69, 9.17) is 10.5 Å². The van der Waals surface area contributed by atoms with Crippen LogP contribution in [0, 0.1) is 11.3 Å². The van der Waals surface area contributed by atoms with Crippen molar-refractivity contribution < 1.29 is 9.13 Å². The van der Waals surface area contributed by atoms with Gasteiger partial charge in [0.1, 0.15) is 11.9 Å². The number of halogens is 1. The van der Waals surface area contributed by atoms with Crippen LogP contribution < -0.4 is 10.5 Å². The van der Waals surface area contributed by atoms with E-state index in [1.165, 1.54) is 12.4 Å². The first-order chi connectivity index (χ1) is 13.6. The van der Waals surface area contributed by atoms with Gasteiger partial charge in [-0.2, -0.15) is 10.4 Å². The maximum Gasteiger partial charge on any atom is 0.217 e. The molecule has 4 rings (SSSR count). The lowest BCUT2D eigenvalue weighted by Gasteiger charge is -2.11. The van der Waals surface area contributed by atoms with E-state index in [9.17, 15) is 9.65 Å². The molecule has 0 radical (unpaired) electrons. The second-order valence-electron chi connectivity index (χ2n) is 6.77. The first-order valence-electron chi connectivity index (χ1n) is 9.01. The number of hydrogen-bond acceptors (Lipinski definition) is 6. The number of aromatic nitrogens is 4. The molecule has 0 bridgehead atoms. The highest BCUT2D eigenvalue weighted by Crippen LogP contribution is 2.41. The minimum atomic E-state index is -1.30. The van der Waals surface area contributed by atoms with Crippen LogP contribution in [0.4, 0.5) is 4.39 Å². The second-order valence-corrected chi connectivity index (χ2v) is 6.77. The summed E-state index contributed by atoms with van der Waals surface area (Å²) in [5.74, 6) is 1.88. The summed E-state index contributed by atoms with van der Waals surface area (Å²) in [6.45, 7) is -0.127. The Kier molecular flexibility index (Phi) is 4.75. The predicted octanol–water partition coefficient (Wildman–Crippen LogP) is 3.39. The van der Waals surface area contributed by atoms with E-state index in [2.05, 4.69) is 21.1 Å². The number of rotatable bonds is 6. The van der Waals surface area contributed by atoms with Gasteiger partial charge in [-0.15, -0.1) is 0 Å². The molecular formula is C20H19FN6O. The molecule has 7 nitrogen and oxygen atoms in total. The van der Waals surface area contributed by atoms with Gasteiger partial charge in [0.2, 0.25) is 5.88 Å². The van der Waals surface area contributed by atoms with Crippen molar-refractivity contribution in [2.75, 3.05) is 6.54 Å². The fourth-order valence-electron chi connectivity index (χ4n) is 2.89. The Balaban J connectivity index is 1.69. The lowest BCUT2D eigenvalue weighted by Crippen LogP contribution is -2.08. The van der Waals surface area contributed by atoms with Crippen molar-refractivity contribution in [1.82, 2.24) is 19.7 Å². The van der Waals surface area contributed by atoms with E-state index < -0.39 is 6.17 Å². The van der Waals surface area contributed by atoms with Gasteiger partial charge in [0, 0.05) is 43.5 Å². The zero-order chi connectivity index (χ0) is 19.7. The van der Waals surface area contributed by atoms with Crippen LogP contribution in [-0.4, -0.2) is 26.3 Å². The number of nitrogens with two attached hydrogens (primary N) is 1. The molecule has 0 amide bonds. The highest BCUT2D eigenvalue weighted by Gasteiger charge is 2.27. The number of nitrogens with zero attached hydrogens (tertiary/aromatic N) is 5. The molecule has 1 aliphatic carbocycles. The lowest BCUT2D eigenvalue weighted by atomic mass is 10.1. The normalized spacial score (nSPS) is 14.5. The average Bonchev–Trinajstić information content (AvgIpc) is 3.51. The number of alkyl halides is 1. The van der Waals surface area contributed by atoms with Crippen LogP contribution in [0.5, 0.6) is 11.6 Å². The zero-order valence-corrected chi connectivity index (χ0v) is 15.3. The number of benzene rings is 1. The molecule has 1 saturated carbocycles. The summed E-state index contributed by atoms with van der Waals surface area (Å²) in [4.78, 5) is 8.50. The highest BCUT2D eigenvalue weighted by molar-refractivity contribution is 5.66. The molecule has 1 fully saturated rings. The maximum absolute atomic E-state index is 13.7. The van der Waals surface area contributed by atoms with Gasteiger partial charge in [0.05, 0.1) is 22.9 Å². The van der Waals surface area contributed by atoms with Crippen molar-refractivity contribution in [3.8, 4) is 29.1 Å². The highest BCUT2D eigenvalue weighted by atomic mass is 19.1. The Labute approximate surface area is 161 Å². The van der Waals surface area contributed by atoms with E-state index in [-0.39, 0.29) is 6.54 Å². The quantitative estimate of drug-likeness (QED) is 0.705. The summed E-state index contributed by atoms with van der Waals surface area (Å²) in [7, 11) is 1.81. The van der Waals surface area contributed by atoms with Crippen LogP contribution in [-0.2, 0) is 7.05 Å². The van der Waals surface area contributed by atoms with E-state index >= 15 is 0 Å². The van der Waals surface area contributed by atoms with Gasteiger partial charge in [0.25, 0.3) is 0 Å². The third-order valence-electron chi connectivity index (χ3n) is 4.66. The Bertz CT molecular complexity index is 1040. The fraction of sp³-hybridized carbons (Fsp3) is 0.300. The monoisotopic (exact) mass is 378 g/mol. The van der Waals surface area contributed by atoms with Crippen molar-refractivity contribution in [2.24, 2.45) is 12.8 Å². The summed E-state index contributed by atoms with van der Waals surface area (Å²) < 4.78 is 21.5. The van der Waals surface area contributed by atoms with Crippen LogP contribution in [0.15, 0.2) is 36.7 Å². The maximum atomic E-state index is 13.7. The van der Waals surface area contributed by atoms with Crippen LogP contribution >= 0.6 is 0 Å². The smallest absolute Gasteiger partial charge is 0.217 e. The van der Waals surface area contributed by atoms with Crippen LogP contribution in [0.2, 0.25) is 0 Å². The Morgan fingerprint density at radius 3 is 2.71 bits per heavy atom. The second kappa shape index (κ2) is 7.37. The largest absolute Gasteiger partial charge is 0.438 e.